The molecule has 0 amide bonds. The van der Waals surface area contributed by atoms with Crippen molar-refractivity contribution in [1.29, 1.82) is 0 Å². The summed E-state index contributed by atoms with van der Waals surface area (Å²) in [6.45, 7) is 4.64. The summed E-state index contributed by atoms with van der Waals surface area (Å²) in [6, 6.07) is 0. The molecule has 1 saturated carbocycles. The van der Waals surface area contributed by atoms with E-state index in [0.29, 0.717) is 10.9 Å². The number of aromatic nitrogens is 1. The fourth-order valence-corrected chi connectivity index (χ4v) is 5.31. The molecule has 2 unspecified atom stereocenters. The Labute approximate surface area is 116 Å². The van der Waals surface area contributed by atoms with Gasteiger partial charge in [0.05, 0.1) is 12.1 Å². The zero-order valence-electron chi connectivity index (χ0n) is 10.8. The molecule has 0 spiro atoms. The Morgan fingerprint density at radius 3 is 2.72 bits per heavy atom. The molecule has 1 fully saturated rings. The van der Waals surface area contributed by atoms with E-state index in [2.05, 4.69) is 18.8 Å². The topological polar surface area (TPSA) is 50.2 Å². The third kappa shape index (κ3) is 3.99. The van der Waals surface area contributed by atoms with Crippen LogP contribution in [-0.2, 0) is 11.2 Å². The monoisotopic (exact) mass is 285 g/mol. The molecule has 1 aromatic rings. The highest BCUT2D eigenvalue weighted by Gasteiger charge is 2.25. The maximum Gasteiger partial charge on any atom is 0.309 e. The zero-order valence-corrected chi connectivity index (χ0v) is 12.4. The summed E-state index contributed by atoms with van der Waals surface area (Å²) in [5, 5.41) is 11.2. The van der Waals surface area contributed by atoms with E-state index in [1.807, 2.05) is 17.1 Å². The molecule has 1 aliphatic rings. The van der Waals surface area contributed by atoms with E-state index >= 15 is 0 Å². The molecule has 2 rings (SSSR count). The van der Waals surface area contributed by atoms with E-state index in [0.717, 1.165) is 16.2 Å². The van der Waals surface area contributed by atoms with Crippen molar-refractivity contribution in [2.45, 2.75) is 49.1 Å². The first kappa shape index (κ1) is 13.9. The molecule has 0 bridgehead atoms. The van der Waals surface area contributed by atoms with Crippen LogP contribution in [-0.4, -0.2) is 21.3 Å². The number of carboxylic acid groups (broad SMARTS) is 1. The Bertz CT molecular complexity index is 409. The number of rotatable bonds is 4. The van der Waals surface area contributed by atoms with Gasteiger partial charge in [0.1, 0.15) is 4.34 Å². The second-order valence-electron chi connectivity index (χ2n) is 5.33. The largest absolute Gasteiger partial charge is 0.481 e. The number of thiazole rings is 1. The molecular weight excluding hydrogens is 266 g/mol. The van der Waals surface area contributed by atoms with Crippen molar-refractivity contribution in [2.24, 2.45) is 11.8 Å². The van der Waals surface area contributed by atoms with Crippen molar-refractivity contribution in [2.75, 3.05) is 0 Å². The maximum absolute atomic E-state index is 10.6. The number of carboxylic acids is 1. The van der Waals surface area contributed by atoms with E-state index in [-0.39, 0.29) is 6.42 Å². The molecule has 0 radical (unpaired) electrons. The summed E-state index contributed by atoms with van der Waals surface area (Å²) >= 11 is 3.41. The van der Waals surface area contributed by atoms with Crippen molar-refractivity contribution in [3.63, 3.8) is 0 Å². The van der Waals surface area contributed by atoms with Gasteiger partial charge in [-0.2, -0.15) is 0 Å². The first-order chi connectivity index (χ1) is 8.52. The quantitative estimate of drug-likeness (QED) is 0.916. The van der Waals surface area contributed by atoms with Crippen LogP contribution in [0.3, 0.4) is 0 Å². The summed E-state index contributed by atoms with van der Waals surface area (Å²) in [5.41, 5.74) is 0.687. The summed E-state index contributed by atoms with van der Waals surface area (Å²) in [6.07, 6.45) is 3.87. The van der Waals surface area contributed by atoms with Crippen LogP contribution in [0.2, 0.25) is 0 Å². The minimum absolute atomic E-state index is 0.0362. The lowest BCUT2D eigenvalue weighted by molar-refractivity contribution is -0.136. The third-order valence-corrected chi connectivity index (χ3v) is 5.54. The lowest BCUT2D eigenvalue weighted by atomic mass is 9.83. The Balaban J connectivity index is 1.92. The number of thioether (sulfide) groups is 1. The number of aliphatic carboxylic acids is 1. The minimum atomic E-state index is -0.809. The van der Waals surface area contributed by atoms with Crippen molar-refractivity contribution < 1.29 is 9.90 Å². The molecule has 0 aliphatic heterocycles. The summed E-state index contributed by atoms with van der Waals surface area (Å²) < 4.78 is 1.03. The molecular formula is C13H19NO2S2. The van der Waals surface area contributed by atoms with Gasteiger partial charge in [-0.1, -0.05) is 25.6 Å². The summed E-state index contributed by atoms with van der Waals surface area (Å²) in [7, 11) is 0. The third-order valence-electron chi connectivity index (χ3n) is 3.27. The van der Waals surface area contributed by atoms with Gasteiger partial charge in [0, 0.05) is 10.6 Å². The molecule has 2 atom stereocenters. The standard InChI is InChI=1S/C13H19NO2S2/c1-8-3-9(2)5-11(4-8)18-13-14-10(7-17-13)6-12(15)16/h7-9,11H,3-6H2,1-2H3,(H,15,16). The Hall–Kier alpha value is -0.550. The van der Waals surface area contributed by atoms with Gasteiger partial charge in [-0.3, -0.25) is 4.79 Å². The predicted octanol–water partition coefficient (Wildman–Crippen LogP) is 3.69. The minimum Gasteiger partial charge on any atom is -0.481 e. The highest BCUT2D eigenvalue weighted by Crippen LogP contribution is 2.39. The second kappa shape index (κ2) is 6.06. The van der Waals surface area contributed by atoms with Crippen LogP contribution in [0.5, 0.6) is 0 Å². The number of hydrogen-bond donors (Lipinski definition) is 1. The predicted molar refractivity (Wildman–Crippen MR) is 75.3 cm³/mol. The summed E-state index contributed by atoms with van der Waals surface area (Å²) in [5.74, 6) is 0.783. The van der Waals surface area contributed by atoms with Gasteiger partial charge >= 0.3 is 5.97 Å². The zero-order chi connectivity index (χ0) is 13.1. The van der Waals surface area contributed by atoms with Crippen LogP contribution in [0.25, 0.3) is 0 Å². The van der Waals surface area contributed by atoms with E-state index in [9.17, 15) is 4.79 Å². The highest BCUT2D eigenvalue weighted by atomic mass is 32.2. The number of hydrogen-bond acceptors (Lipinski definition) is 4. The van der Waals surface area contributed by atoms with Gasteiger partial charge < -0.3 is 5.11 Å². The van der Waals surface area contributed by atoms with Gasteiger partial charge in [-0.05, 0) is 31.1 Å². The van der Waals surface area contributed by atoms with E-state index < -0.39 is 5.97 Å². The number of carbonyl (C=O) groups is 1. The molecule has 0 aromatic carbocycles. The fraction of sp³-hybridized carbons (Fsp3) is 0.692. The molecule has 1 N–H and O–H groups in total. The van der Waals surface area contributed by atoms with Gasteiger partial charge in [0.2, 0.25) is 0 Å². The Morgan fingerprint density at radius 2 is 2.11 bits per heavy atom. The van der Waals surface area contributed by atoms with Crippen molar-refractivity contribution in [3.8, 4) is 0 Å². The number of nitrogens with zero attached hydrogens (tertiary/aromatic N) is 1. The van der Waals surface area contributed by atoms with Gasteiger partial charge in [-0.15, -0.1) is 11.3 Å². The fourth-order valence-electron chi connectivity index (χ4n) is 2.69. The SMILES string of the molecule is CC1CC(C)CC(Sc2nc(CC(=O)O)cs2)C1. The first-order valence-corrected chi connectivity index (χ1v) is 8.11. The molecule has 0 saturated heterocycles. The van der Waals surface area contributed by atoms with Crippen LogP contribution in [0.1, 0.15) is 38.8 Å². The molecule has 18 heavy (non-hydrogen) atoms. The van der Waals surface area contributed by atoms with Gasteiger partial charge in [0.15, 0.2) is 0 Å². The molecule has 1 heterocycles. The van der Waals surface area contributed by atoms with Gasteiger partial charge in [0.25, 0.3) is 0 Å². The van der Waals surface area contributed by atoms with Crippen molar-refractivity contribution in [3.05, 3.63) is 11.1 Å². The Kier molecular flexibility index (Phi) is 4.67. The molecule has 1 aliphatic carbocycles. The van der Waals surface area contributed by atoms with Crippen molar-refractivity contribution in [1.82, 2.24) is 4.98 Å². The van der Waals surface area contributed by atoms with Crippen LogP contribution in [0.15, 0.2) is 9.72 Å². The van der Waals surface area contributed by atoms with Crippen molar-refractivity contribution >= 4 is 29.1 Å². The molecule has 100 valence electrons. The Morgan fingerprint density at radius 1 is 1.44 bits per heavy atom. The van der Waals surface area contributed by atoms with Crippen LogP contribution < -0.4 is 0 Å². The first-order valence-electron chi connectivity index (χ1n) is 6.35. The average molecular weight is 285 g/mol. The lowest BCUT2D eigenvalue weighted by Crippen LogP contribution is -2.21. The van der Waals surface area contributed by atoms with E-state index in [1.54, 1.807) is 11.3 Å². The van der Waals surface area contributed by atoms with E-state index in [1.165, 1.54) is 19.3 Å². The maximum atomic E-state index is 10.6. The second-order valence-corrected chi connectivity index (χ2v) is 7.74. The van der Waals surface area contributed by atoms with Crippen LogP contribution in [0, 0.1) is 11.8 Å². The summed E-state index contributed by atoms with van der Waals surface area (Å²) in [4.78, 5) is 15.0. The normalized spacial score (nSPS) is 28.2. The molecule has 3 nitrogen and oxygen atoms in total. The lowest BCUT2D eigenvalue weighted by Gasteiger charge is -2.30. The average Bonchev–Trinajstić information content (AvgIpc) is 2.62. The van der Waals surface area contributed by atoms with Crippen LogP contribution in [0.4, 0.5) is 0 Å². The molecule has 1 aromatic heterocycles. The molecule has 5 heteroatoms. The van der Waals surface area contributed by atoms with Crippen LogP contribution >= 0.6 is 23.1 Å². The smallest absolute Gasteiger partial charge is 0.309 e. The highest BCUT2D eigenvalue weighted by molar-refractivity contribution is 8.01. The van der Waals surface area contributed by atoms with E-state index in [4.69, 9.17) is 5.11 Å². The van der Waals surface area contributed by atoms with Gasteiger partial charge in [-0.25, -0.2) is 4.98 Å².